The molecule has 0 aromatic heterocycles. The Balaban J connectivity index is 3.26. The summed E-state index contributed by atoms with van der Waals surface area (Å²) in [7, 11) is 9.57. The molecule has 0 radical (unpaired) electrons. The number of rotatable bonds is 9. The zero-order chi connectivity index (χ0) is 15.8. The normalized spacial score (nSPS) is 13.6. The SMILES string of the molecule is COC[C@@H](OC)[C@@H](OC)c1cc(OC)c(OC)c(OC)c1. The van der Waals surface area contributed by atoms with Gasteiger partial charge in [-0.25, -0.2) is 0 Å². The highest BCUT2D eigenvalue weighted by atomic mass is 16.6. The van der Waals surface area contributed by atoms with E-state index in [1.165, 1.54) is 0 Å². The van der Waals surface area contributed by atoms with E-state index in [4.69, 9.17) is 28.4 Å². The van der Waals surface area contributed by atoms with Crippen molar-refractivity contribution in [2.75, 3.05) is 49.3 Å². The third kappa shape index (κ3) is 4.00. The lowest BCUT2D eigenvalue weighted by molar-refractivity contribution is -0.0697. The van der Waals surface area contributed by atoms with E-state index in [1.54, 1.807) is 42.7 Å². The molecule has 6 heteroatoms. The van der Waals surface area contributed by atoms with Crippen molar-refractivity contribution in [2.45, 2.75) is 12.2 Å². The molecule has 0 saturated heterocycles. The largest absolute Gasteiger partial charge is 0.493 e. The van der Waals surface area contributed by atoms with E-state index in [0.717, 1.165) is 5.56 Å². The number of benzene rings is 1. The molecule has 0 saturated carbocycles. The molecule has 1 aromatic carbocycles. The summed E-state index contributed by atoms with van der Waals surface area (Å²) in [6.07, 6.45) is -0.563. The summed E-state index contributed by atoms with van der Waals surface area (Å²) in [5.74, 6) is 1.68. The van der Waals surface area contributed by atoms with E-state index in [0.29, 0.717) is 23.9 Å². The number of methoxy groups -OCH3 is 6. The minimum absolute atomic E-state index is 0.247. The first kappa shape index (κ1) is 17.6. The lowest BCUT2D eigenvalue weighted by atomic mass is 10.0. The summed E-state index contributed by atoms with van der Waals surface area (Å²) in [4.78, 5) is 0. The Morgan fingerprint density at radius 2 is 1.38 bits per heavy atom. The summed E-state index contributed by atoms with van der Waals surface area (Å²) < 4.78 is 32.2. The molecule has 0 unspecified atom stereocenters. The van der Waals surface area contributed by atoms with E-state index in [-0.39, 0.29) is 12.2 Å². The Morgan fingerprint density at radius 1 is 0.810 bits per heavy atom. The Kier molecular flexibility index (Phi) is 7.28. The Morgan fingerprint density at radius 3 is 1.71 bits per heavy atom. The Hall–Kier alpha value is -1.50. The average Bonchev–Trinajstić information content (AvgIpc) is 2.53. The summed E-state index contributed by atoms with van der Waals surface area (Å²) in [5.41, 5.74) is 0.857. The lowest BCUT2D eigenvalue weighted by Gasteiger charge is -2.26. The molecular formula is C15H24O6. The minimum atomic E-state index is -0.316. The number of hydrogen-bond donors (Lipinski definition) is 0. The van der Waals surface area contributed by atoms with Crippen molar-refractivity contribution in [1.82, 2.24) is 0 Å². The van der Waals surface area contributed by atoms with Crippen molar-refractivity contribution in [2.24, 2.45) is 0 Å². The first-order chi connectivity index (χ1) is 10.2. The molecule has 120 valence electrons. The zero-order valence-corrected chi connectivity index (χ0v) is 13.5. The molecular weight excluding hydrogens is 276 g/mol. The topological polar surface area (TPSA) is 55.4 Å². The predicted octanol–water partition coefficient (Wildman–Crippen LogP) is 2.06. The second kappa shape index (κ2) is 8.71. The van der Waals surface area contributed by atoms with Crippen LogP contribution in [0.2, 0.25) is 0 Å². The van der Waals surface area contributed by atoms with Crippen molar-refractivity contribution in [3.63, 3.8) is 0 Å². The third-order valence-corrected chi connectivity index (χ3v) is 3.24. The van der Waals surface area contributed by atoms with Gasteiger partial charge in [0, 0.05) is 21.3 Å². The van der Waals surface area contributed by atoms with Gasteiger partial charge in [-0.2, -0.15) is 0 Å². The Labute approximate surface area is 125 Å². The second-order valence-electron chi connectivity index (χ2n) is 4.34. The first-order valence-corrected chi connectivity index (χ1v) is 6.51. The molecule has 0 aliphatic heterocycles. The van der Waals surface area contributed by atoms with Gasteiger partial charge < -0.3 is 28.4 Å². The summed E-state index contributed by atoms with van der Waals surface area (Å²) >= 11 is 0. The molecule has 0 amide bonds. The van der Waals surface area contributed by atoms with Crippen molar-refractivity contribution in [1.29, 1.82) is 0 Å². The highest BCUT2D eigenvalue weighted by Gasteiger charge is 2.26. The molecule has 0 heterocycles. The van der Waals surface area contributed by atoms with Crippen LogP contribution >= 0.6 is 0 Å². The molecule has 0 aliphatic carbocycles. The predicted molar refractivity (Wildman–Crippen MR) is 78.5 cm³/mol. The van der Waals surface area contributed by atoms with Crippen LogP contribution in [0.5, 0.6) is 17.2 Å². The van der Waals surface area contributed by atoms with Crippen LogP contribution < -0.4 is 14.2 Å². The van der Waals surface area contributed by atoms with Gasteiger partial charge in [-0.1, -0.05) is 0 Å². The molecule has 6 nitrogen and oxygen atoms in total. The molecule has 2 atom stereocenters. The Bertz CT molecular complexity index is 409. The van der Waals surface area contributed by atoms with Crippen LogP contribution in [0.1, 0.15) is 11.7 Å². The molecule has 0 aliphatic rings. The van der Waals surface area contributed by atoms with Crippen molar-refractivity contribution < 1.29 is 28.4 Å². The maximum atomic E-state index is 5.56. The molecule has 0 spiro atoms. The van der Waals surface area contributed by atoms with E-state index in [1.807, 2.05) is 12.1 Å². The van der Waals surface area contributed by atoms with Gasteiger partial charge in [-0.15, -0.1) is 0 Å². The number of hydrogen-bond acceptors (Lipinski definition) is 6. The maximum Gasteiger partial charge on any atom is 0.203 e. The summed E-state index contributed by atoms with van der Waals surface area (Å²) in [5, 5.41) is 0. The monoisotopic (exact) mass is 300 g/mol. The fourth-order valence-corrected chi connectivity index (χ4v) is 2.21. The van der Waals surface area contributed by atoms with Crippen LogP contribution in [0, 0.1) is 0 Å². The van der Waals surface area contributed by atoms with Gasteiger partial charge in [0.2, 0.25) is 5.75 Å². The van der Waals surface area contributed by atoms with Gasteiger partial charge in [0.05, 0.1) is 27.9 Å². The van der Waals surface area contributed by atoms with Crippen molar-refractivity contribution in [3.8, 4) is 17.2 Å². The zero-order valence-electron chi connectivity index (χ0n) is 13.5. The van der Waals surface area contributed by atoms with Crippen LogP contribution in [0.25, 0.3) is 0 Å². The van der Waals surface area contributed by atoms with E-state index in [9.17, 15) is 0 Å². The molecule has 0 fully saturated rings. The van der Waals surface area contributed by atoms with Crippen LogP contribution in [0.15, 0.2) is 12.1 Å². The van der Waals surface area contributed by atoms with E-state index >= 15 is 0 Å². The van der Waals surface area contributed by atoms with Gasteiger partial charge in [0.1, 0.15) is 12.2 Å². The van der Waals surface area contributed by atoms with Gasteiger partial charge in [0.15, 0.2) is 11.5 Å². The van der Waals surface area contributed by atoms with Gasteiger partial charge >= 0.3 is 0 Å². The number of ether oxygens (including phenoxy) is 6. The van der Waals surface area contributed by atoms with Crippen molar-refractivity contribution >= 4 is 0 Å². The highest BCUT2D eigenvalue weighted by molar-refractivity contribution is 5.54. The van der Waals surface area contributed by atoms with Gasteiger partial charge in [-0.3, -0.25) is 0 Å². The third-order valence-electron chi connectivity index (χ3n) is 3.24. The molecule has 1 aromatic rings. The van der Waals surface area contributed by atoms with Crippen LogP contribution in [-0.2, 0) is 14.2 Å². The summed E-state index contributed by atoms with van der Waals surface area (Å²) in [6, 6.07) is 3.69. The molecule has 0 N–H and O–H groups in total. The quantitative estimate of drug-likeness (QED) is 0.696. The van der Waals surface area contributed by atoms with Crippen LogP contribution in [-0.4, -0.2) is 55.4 Å². The fourth-order valence-electron chi connectivity index (χ4n) is 2.21. The highest BCUT2D eigenvalue weighted by Crippen LogP contribution is 2.41. The van der Waals surface area contributed by atoms with Crippen molar-refractivity contribution in [3.05, 3.63) is 17.7 Å². The van der Waals surface area contributed by atoms with Gasteiger partial charge in [0.25, 0.3) is 0 Å². The maximum absolute atomic E-state index is 5.56. The molecule has 1 rings (SSSR count). The molecule has 21 heavy (non-hydrogen) atoms. The standard InChI is InChI=1S/C15H24O6/c1-16-9-13(19-4)14(20-5)10-7-11(17-2)15(21-6)12(8-10)18-3/h7-8,13-14H,9H2,1-6H3/t13-,14+/m1/s1. The summed E-state index contributed by atoms with van der Waals surface area (Å²) in [6.45, 7) is 0.408. The minimum Gasteiger partial charge on any atom is -0.493 e. The fraction of sp³-hybridized carbons (Fsp3) is 0.600. The van der Waals surface area contributed by atoms with Crippen LogP contribution in [0.4, 0.5) is 0 Å². The van der Waals surface area contributed by atoms with Crippen LogP contribution in [0.3, 0.4) is 0 Å². The first-order valence-electron chi connectivity index (χ1n) is 6.51. The van der Waals surface area contributed by atoms with Gasteiger partial charge in [-0.05, 0) is 17.7 Å². The average molecular weight is 300 g/mol. The second-order valence-corrected chi connectivity index (χ2v) is 4.34. The van der Waals surface area contributed by atoms with E-state index < -0.39 is 0 Å². The molecule has 0 bridgehead atoms. The lowest BCUT2D eigenvalue weighted by Crippen LogP contribution is -2.27. The smallest absolute Gasteiger partial charge is 0.203 e. The van der Waals surface area contributed by atoms with E-state index in [2.05, 4.69) is 0 Å².